The average Bonchev–Trinajstić information content (AvgIpc) is 3.03. The van der Waals surface area contributed by atoms with Crippen molar-refractivity contribution >= 4 is 17.0 Å². The summed E-state index contributed by atoms with van der Waals surface area (Å²) >= 11 is 0. The van der Waals surface area contributed by atoms with Gasteiger partial charge in [-0.05, 0) is 18.9 Å². The lowest BCUT2D eigenvalue weighted by Gasteiger charge is -2.02. The molecule has 2 aromatic heterocycles. The van der Waals surface area contributed by atoms with Gasteiger partial charge in [-0.3, -0.25) is 4.68 Å². The van der Waals surface area contributed by atoms with Crippen LogP contribution in [0.4, 0.5) is 0 Å². The lowest BCUT2D eigenvalue weighted by atomic mass is 10.1. The molecule has 0 aromatic carbocycles. The topological polar surface area (TPSA) is 68.0 Å². The molecule has 2 heterocycles. The molecule has 5 nitrogen and oxygen atoms in total. The van der Waals surface area contributed by atoms with E-state index in [1.54, 1.807) is 24.0 Å². The van der Waals surface area contributed by atoms with Crippen molar-refractivity contribution in [2.24, 2.45) is 7.05 Å². The molecule has 5 heteroatoms. The normalized spacial score (nSPS) is 15.6. The van der Waals surface area contributed by atoms with Crippen molar-refractivity contribution < 1.29 is 9.90 Å². The Bertz CT molecular complexity index is 584. The van der Waals surface area contributed by atoms with Crippen LogP contribution in [-0.2, 0) is 7.05 Å². The van der Waals surface area contributed by atoms with Crippen molar-refractivity contribution in [1.29, 1.82) is 0 Å². The van der Waals surface area contributed by atoms with Crippen LogP contribution in [0.25, 0.3) is 11.0 Å². The maximum absolute atomic E-state index is 11.2. The first-order valence-corrected chi connectivity index (χ1v) is 5.23. The van der Waals surface area contributed by atoms with Gasteiger partial charge >= 0.3 is 5.97 Å². The van der Waals surface area contributed by atoms with Crippen LogP contribution in [0.15, 0.2) is 12.3 Å². The summed E-state index contributed by atoms with van der Waals surface area (Å²) in [6.45, 7) is 0. The molecule has 0 amide bonds. The molecule has 1 aliphatic carbocycles. The van der Waals surface area contributed by atoms with E-state index in [1.165, 1.54) is 0 Å². The number of pyridine rings is 1. The number of carbonyl (C=O) groups is 1. The molecule has 2 aromatic rings. The smallest absolute Gasteiger partial charge is 0.336 e. The molecule has 1 N–H and O–H groups in total. The van der Waals surface area contributed by atoms with Gasteiger partial charge in [0.05, 0.1) is 17.1 Å². The number of aromatic carboxylic acids is 1. The molecule has 3 rings (SSSR count). The first kappa shape index (κ1) is 9.33. The second-order valence-electron chi connectivity index (χ2n) is 4.18. The first-order valence-electron chi connectivity index (χ1n) is 5.23. The first-order chi connectivity index (χ1) is 7.66. The number of rotatable bonds is 2. The van der Waals surface area contributed by atoms with Crippen LogP contribution < -0.4 is 0 Å². The van der Waals surface area contributed by atoms with Crippen LogP contribution in [0.3, 0.4) is 0 Å². The van der Waals surface area contributed by atoms with Crippen LogP contribution in [0.2, 0.25) is 0 Å². The van der Waals surface area contributed by atoms with E-state index in [0.717, 1.165) is 18.5 Å². The Morgan fingerprint density at radius 2 is 2.31 bits per heavy atom. The van der Waals surface area contributed by atoms with Crippen molar-refractivity contribution in [2.75, 3.05) is 0 Å². The summed E-state index contributed by atoms with van der Waals surface area (Å²) in [6.07, 6.45) is 3.77. The Hall–Kier alpha value is -1.91. The number of fused-ring (bicyclic) bond motifs is 1. The van der Waals surface area contributed by atoms with E-state index < -0.39 is 5.97 Å². The second-order valence-corrected chi connectivity index (χ2v) is 4.18. The van der Waals surface area contributed by atoms with Crippen molar-refractivity contribution in [2.45, 2.75) is 18.8 Å². The van der Waals surface area contributed by atoms with Crippen molar-refractivity contribution in [1.82, 2.24) is 14.8 Å². The quantitative estimate of drug-likeness (QED) is 0.828. The molecule has 1 saturated carbocycles. The Morgan fingerprint density at radius 1 is 1.56 bits per heavy atom. The van der Waals surface area contributed by atoms with E-state index >= 15 is 0 Å². The fourth-order valence-electron chi connectivity index (χ4n) is 1.90. The second kappa shape index (κ2) is 3.04. The molecular formula is C11H11N3O2. The van der Waals surface area contributed by atoms with E-state index in [9.17, 15) is 4.79 Å². The number of aryl methyl sites for hydroxylation is 1. The van der Waals surface area contributed by atoms with E-state index in [2.05, 4.69) is 10.1 Å². The Kier molecular flexibility index (Phi) is 1.77. The third-order valence-electron chi connectivity index (χ3n) is 2.95. The summed E-state index contributed by atoms with van der Waals surface area (Å²) in [4.78, 5) is 15.6. The van der Waals surface area contributed by atoms with Crippen LogP contribution in [-0.4, -0.2) is 25.8 Å². The van der Waals surface area contributed by atoms with Crippen LogP contribution in [0.5, 0.6) is 0 Å². The highest BCUT2D eigenvalue weighted by Gasteiger charge is 2.27. The maximum atomic E-state index is 11.2. The predicted molar refractivity (Wildman–Crippen MR) is 57.4 cm³/mol. The Labute approximate surface area is 91.7 Å². The molecule has 0 spiro atoms. The van der Waals surface area contributed by atoms with E-state index in [4.69, 9.17) is 5.11 Å². The molecule has 1 aliphatic rings. The number of carboxylic acids is 1. The molecule has 0 bridgehead atoms. The van der Waals surface area contributed by atoms with Gasteiger partial charge in [-0.15, -0.1) is 0 Å². The Balaban J connectivity index is 2.32. The average molecular weight is 217 g/mol. The lowest BCUT2D eigenvalue weighted by molar-refractivity contribution is 0.0699. The number of carboxylic acid groups (broad SMARTS) is 1. The van der Waals surface area contributed by atoms with Crippen molar-refractivity contribution in [3.8, 4) is 0 Å². The highest BCUT2D eigenvalue weighted by molar-refractivity contribution is 6.01. The molecule has 0 saturated heterocycles. The molecule has 0 unspecified atom stereocenters. The van der Waals surface area contributed by atoms with E-state index in [0.29, 0.717) is 22.5 Å². The van der Waals surface area contributed by atoms with Gasteiger partial charge in [0.1, 0.15) is 0 Å². The third-order valence-corrected chi connectivity index (χ3v) is 2.95. The molecule has 0 aliphatic heterocycles. The SMILES string of the molecule is Cn1ncc2c(C(=O)O)cc(C3CC3)nc21. The predicted octanol–water partition coefficient (Wildman–Crippen LogP) is 1.54. The summed E-state index contributed by atoms with van der Waals surface area (Å²) in [5.74, 6) is -0.473. The third kappa shape index (κ3) is 1.28. The van der Waals surface area contributed by atoms with Crippen LogP contribution in [0, 0.1) is 0 Å². The van der Waals surface area contributed by atoms with Gasteiger partial charge < -0.3 is 5.11 Å². The summed E-state index contributed by atoms with van der Waals surface area (Å²) in [5.41, 5.74) is 1.84. The minimum absolute atomic E-state index is 0.306. The van der Waals surface area contributed by atoms with Gasteiger partial charge in [0, 0.05) is 18.7 Å². The minimum atomic E-state index is -0.915. The fourth-order valence-corrected chi connectivity index (χ4v) is 1.90. The van der Waals surface area contributed by atoms with Crippen LogP contribution >= 0.6 is 0 Å². The molecular weight excluding hydrogens is 206 g/mol. The molecule has 1 fully saturated rings. The van der Waals surface area contributed by atoms with Gasteiger partial charge in [0.25, 0.3) is 0 Å². The van der Waals surface area contributed by atoms with Gasteiger partial charge in [-0.1, -0.05) is 0 Å². The molecule has 0 radical (unpaired) electrons. The molecule has 82 valence electrons. The summed E-state index contributed by atoms with van der Waals surface area (Å²) in [7, 11) is 1.78. The zero-order valence-electron chi connectivity index (χ0n) is 8.84. The van der Waals surface area contributed by atoms with Crippen molar-refractivity contribution in [3.63, 3.8) is 0 Å². The number of hydrogen-bond donors (Lipinski definition) is 1. The monoisotopic (exact) mass is 217 g/mol. The van der Waals surface area contributed by atoms with Gasteiger partial charge in [0.2, 0.25) is 0 Å². The maximum Gasteiger partial charge on any atom is 0.336 e. The fraction of sp³-hybridized carbons (Fsp3) is 0.364. The number of aromatic nitrogens is 3. The summed E-state index contributed by atoms with van der Waals surface area (Å²) in [6, 6.07) is 1.68. The highest BCUT2D eigenvalue weighted by atomic mass is 16.4. The number of nitrogens with zero attached hydrogens (tertiary/aromatic N) is 3. The highest BCUT2D eigenvalue weighted by Crippen LogP contribution is 2.40. The Morgan fingerprint density at radius 3 is 2.94 bits per heavy atom. The number of hydrogen-bond acceptors (Lipinski definition) is 3. The largest absolute Gasteiger partial charge is 0.478 e. The standard InChI is InChI=1S/C11H11N3O2/c1-14-10-8(5-12-14)7(11(15)16)4-9(13-10)6-2-3-6/h4-6H,2-3H2,1H3,(H,15,16). The van der Waals surface area contributed by atoms with Gasteiger partial charge in [-0.25, -0.2) is 9.78 Å². The van der Waals surface area contributed by atoms with E-state index in [1.807, 2.05) is 0 Å². The zero-order chi connectivity index (χ0) is 11.3. The minimum Gasteiger partial charge on any atom is -0.478 e. The summed E-state index contributed by atoms with van der Waals surface area (Å²) < 4.78 is 1.62. The van der Waals surface area contributed by atoms with Crippen LogP contribution in [0.1, 0.15) is 34.8 Å². The van der Waals surface area contributed by atoms with Gasteiger partial charge in [0.15, 0.2) is 5.65 Å². The van der Waals surface area contributed by atoms with E-state index in [-0.39, 0.29) is 0 Å². The lowest BCUT2D eigenvalue weighted by Crippen LogP contribution is -2.02. The summed E-state index contributed by atoms with van der Waals surface area (Å²) in [5, 5.41) is 13.8. The molecule has 16 heavy (non-hydrogen) atoms. The van der Waals surface area contributed by atoms with Gasteiger partial charge in [-0.2, -0.15) is 5.10 Å². The zero-order valence-corrected chi connectivity index (χ0v) is 8.84. The van der Waals surface area contributed by atoms with Crippen molar-refractivity contribution in [3.05, 3.63) is 23.5 Å². The molecule has 0 atom stereocenters.